The Morgan fingerprint density at radius 2 is 1.76 bits per heavy atom. The first-order chi connectivity index (χ1) is 13.8. The van der Waals surface area contributed by atoms with Crippen LogP contribution < -0.4 is 10.6 Å². The maximum absolute atomic E-state index is 12.3. The van der Waals surface area contributed by atoms with E-state index in [-0.39, 0.29) is 29.0 Å². The van der Waals surface area contributed by atoms with Crippen LogP contribution in [0.1, 0.15) is 42.2 Å². The zero-order chi connectivity index (χ0) is 21.1. The van der Waals surface area contributed by atoms with Crippen LogP contribution in [0.3, 0.4) is 0 Å². The molecule has 3 rings (SSSR count). The Hall–Kier alpha value is -3.28. The van der Waals surface area contributed by atoms with Crippen LogP contribution in [0.25, 0.3) is 0 Å². The van der Waals surface area contributed by atoms with E-state index in [0.717, 1.165) is 11.3 Å². The van der Waals surface area contributed by atoms with Gasteiger partial charge in [-0.25, -0.2) is 0 Å². The standard InChI is InChI=1S/C23H27N3O3/c1-14(2)20(15-9-6-5-7-10-15)25-18-13-19(27)21(18)24-17-12-8-11-16(22(17)28)23(29)26(3)4/h5-12,14,20,24-25,28H,13H2,1-4H3. The number of phenols is 1. The third kappa shape index (κ3) is 4.26. The highest BCUT2D eigenvalue weighted by Gasteiger charge is 2.31. The predicted octanol–water partition coefficient (Wildman–Crippen LogP) is 3.68. The number of carbonyl (C=O) groups is 2. The first-order valence-electron chi connectivity index (χ1n) is 9.68. The number of hydrogen-bond acceptors (Lipinski definition) is 5. The van der Waals surface area contributed by atoms with Crippen LogP contribution in [-0.2, 0) is 4.79 Å². The van der Waals surface area contributed by atoms with Crippen molar-refractivity contribution in [3.8, 4) is 5.75 Å². The third-order valence-electron chi connectivity index (χ3n) is 5.01. The molecule has 2 aromatic rings. The summed E-state index contributed by atoms with van der Waals surface area (Å²) in [6.07, 6.45) is 0.315. The second kappa shape index (κ2) is 8.39. The van der Waals surface area contributed by atoms with Gasteiger partial charge in [0.25, 0.3) is 5.91 Å². The molecule has 29 heavy (non-hydrogen) atoms. The van der Waals surface area contributed by atoms with Gasteiger partial charge in [-0.3, -0.25) is 9.59 Å². The number of aromatic hydroxyl groups is 1. The lowest BCUT2D eigenvalue weighted by molar-refractivity contribution is -0.116. The minimum atomic E-state index is -0.303. The SMILES string of the molecule is CC(C)C(NC1=C(Nc2cccc(C(=O)N(C)C)c2O)C(=O)C1)c1ccccc1. The predicted molar refractivity (Wildman–Crippen MR) is 114 cm³/mol. The van der Waals surface area contributed by atoms with Gasteiger partial charge in [0.05, 0.1) is 23.7 Å². The molecule has 0 heterocycles. The summed E-state index contributed by atoms with van der Waals surface area (Å²) in [5.74, 6) is -0.188. The van der Waals surface area contributed by atoms with Gasteiger partial charge < -0.3 is 20.6 Å². The quantitative estimate of drug-likeness (QED) is 0.625. The number of Topliss-reactive ketones (excluding diaryl/α,β-unsaturated/α-hetero) is 1. The van der Waals surface area contributed by atoms with E-state index < -0.39 is 0 Å². The van der Waals surface area contributed by atoms with Gasteiger partial charge in [0, 0.05) is 19.8 Å². The molecule has 6 heteroatoms. The average Bonchev–Trinajstić information content (AvgIpc) is 2.69. The summed E-state index contributed by atoms with van der Waals surface area (Å²) < 4.78 is 0. The van der Waals surface area contributed by atoms with Crippen LogP contribution in [0.4, 0.5) is 5.69 Å². The Balaban J connectivity index is 1.87. The van der Waals surface area contributed by atoms with Crippen LogP contribution in [0.5, 0.6) is 5.75 Å². The van der Waals surface area contributed by atoms with E-state index in [1.807, 2.05) is 18.2 Å². The molecule has 1 unspecified atom stereocenters. The zero-order valence-corrected chi connectivity index (χ0v) is 17.2. The third-order valence-corrected chi connectivity index (χ3v) is 5.01. The number of allylic oxidation sites excluding steroid dienone is 2. The molecular formula is C23H27N3O3. The second-order valence-corrected chi connectivity index (χ2v) is 7.76. The second-order valence-electron chi connectivity index (χ2n) is 7.76. The molecule has 1 atom stereocenters. The number of rotatable bonds is 7. The molecule has 0 aromatic heterocycles. The largest absolute Gasteiger partial charge is 0.505 e. The number of ketones is 1. The van der Waals surface area contributed by atoms with E-state index >= 15 is 0 Å². The molecule has 3 N–H and O–H groups in total. The van der Waals surface area contributed by atoms with Crippen molar-refractivity contribution in [2.24, 2.45) is 5.92 Å². The normalized spacial score (nSPS) is 14.4. The smallest absolute Gasteiger partial charge is 0.257 e. The van der Waals surface area contributed by atoms with E-state index in [1.165, 1.54) is 4.90 Å². The number of nitrogens with zero attached hydrogens (tertiary/aromatic N) is 1. The minimum absolute atomic E-state index is 0.0354. The molecule has 2 aromatic carbocycles. The topological polar surface area (TPSA) is 81.7 Å². The van der Waals surface area contributed by atoms with Crippen molar-refractivity contribution < 1.29 is 14.7 Å². The molecule has 0 saturated carbocycles. The van der Waals surface area contributed by atoms with Crippen molar-refractivity contribution in [3.63, 3.8) is 0 Å². The number of nitrogens with one attached hydrogen (secondary N) is 2. The summed E-state index contributed by atoms with van der Waals surface area (Å²) in [6, 6.07) is 15.0. The Morgan fingerprint density at radius 1 is 1.07 bits per heavy atom. The molecule has 1 aliphatic carbocycles. The van der Waals surface area contributed by atoms with Gasteiger partial charge in [0.1, 0.15) is 5.70 Å². The Labute approximate surface area is 171 Å². The van der Waals surface area contributed by atoms with Crippen molar-refractivity contribution in [3.05, 3.63) is 71.1 Å². The maximum Gasteiger partial charge on any atom is 0.257 e. The lowest BCUT2D eigenvalue weighted by Gasteiger charge is -2.31. The average molecular weight is 393 g/mol. The van der Waals surface area contributed by atoms with Crippen molar-refractivity contribution in [2.75, 3.05) is 19.4 Å². The van der Waals surface area contributed by atoms with Crippen molar-refractivity contribution >= 4 is 17.4 Å². The first kappa shape index (κ1) is 20.5. The van der Waals surface area contributed by atoms with Gasteiger partial charge in [0.2, 0.25) is 0 Å². The molecule has 0 spiro atoms. The van der Waals surface area contributed by atoms with Gasteiger partial charge in [-0.05, 0) is 23.6 Å². The minimum Gasteiger partial charge on any atom is -0.505 e. The highest BCUT2D eigenvalue weighted by atomic mass is 16.3. The highest BCUT2D eigenvalue weighted by Crippen LogP contribution is 2.34. The summed E-state index contributed by atoms with van der Waals surface area (Å²) in [5.41, 5.74) is 2.90. The molecule has 152 valence electrons. The maximum atomic E-state index is 12.3. The molecule has 0 radical (unpaired) electrons. The van der Waals surface area contributed by atoms with Crippen molar-refractivity contribution in [2.45, 2.75) is 26.3 Å². The van der Waals surface area contributed by atoms with E-state index in [1.54, 1.807) is 32.3 Å². The number of amides is 1. The van der Waals surface area contributed by atoms with E-state index in [2.05, 4.69) is 36.6 Å². The number of benzene rings is 2. The highest BCUT2D eigenvalue weighted by molar-refractivity contribution is 6.07. The number of para-hydroxylation sites is 1. The molecular weight excluding hydrogens is 366 g/mol. The Bertz CT molecular complexity index is 949. The summed E-state index contributed by atoms with van der Waals surface area (Å²) in [4.78, 5) is 25.9. The molecule has 0 fully saturated rings. The molecule has 0 bridgehead atoms. The lowest BCUT2D eigenvalue weighted by atomic mass is 9.92. The van der Waals surface area contributed by atoms with Gasteiger partial charge in [0.15, 0.2) is 11.5 Å². The summed E-state index contributed by atoms with van der Waals surface area (Å²) in [6.45, 7) is 4.25. The fourth-order valence-corrected chi connectivity index (χ4v) is 3.34. The lowest BCUT2D eigenvalue weighted by Crippen LogP contribution is -2.36. The van der Waals surface area contributed by atoms with E-state index in [4.69, 9.17) is 0 Å². The van der Waals surface area contributed by atoms with Crippen molar-refractivity contribution in [1.82, 2.24) is 10.2 Å². The van der Waals surface area contributed by atoms with Crippen LogP contribution in [0, 0.1) is 5.92 Å². The summed E-state index contributed by atoms with van der Waals surface area (Å²) in [7, 11) is 3.25. The first-order valence-corrected chi connectivity index (χ1v) is 9.68. The number of carbonyl (C=O) groups excluding carboxylic acids is 2. The number of anilines is 1. The fraction of sp³-hybridized carbons (Fsp3) is 0.304. The van der Waals surface area contributed by atoms with Crippen LogP contribution in [-0.4, -0.2) is 35.8 Å². The van der Waals surface area contributed by atoms with Gasteiger partial charge in [-0.1, -0.05) is 50.2 Å². The van der Waals surface area contributed by atoms with E-state index in [0.29, 0.717) is 23.7 Å². The molecule has 1 amide bonds. The van der Waals surface area contributed by atoms with E-state index in [9.17, 15) is 14.7 Å². The van der Waals surface area contributed by atoms with Crippen LogP contribution in [0.15, 0.2) is 59.9 Å². The molecule has 0 aliphatic heterocycles. The number of phenolic OH excluding ortho intramolecular Hbond substituents is 1. The summed E-state index contributed by atoms with van der Waals surface area (Å²) in [5, 5.41) is 17.0. The van der Waals surface area contributed by atoms with Crippen LogP contribution >= 0.6 is 0 Å². The van der Waals surface area contributed by atoms with Gasteiger partial charge in [-0.15, -0.1) is 0 Å². The molecule has 0 saturated heterocycles. The van der Waals surface area contributed by atoms with Gasteiger partial charge >= 0.3 is 0 Å². The zero-order valence-electron chi connectivity index (χ0n) is 17.2. The Morgan fingerprint density at radius 3 is 2.34 bits per heavy atom. The number of hydrogen-bond donors (Lipinski definition) is 3. The van der Waals surface area contributed by atoms with Crippen LogP contribution in [0.2, 0.25) is 0 Å². The Kier molecular flexibility index (Phi) is 5.92. The fourth-order valence-electron chi connectivity index (χ4n) is 3.34. The molecule has 1 aliphatic rings. The molecule has 6 nitrogen and oxygen atoms in total. The van der Waals surface area contributed by atoms with Gasteiger partial charge in [-0.2, -0.15) is 0 Å². The van der Waals surface area contributed by atoms with Crippen molar-refractivity contribution in [1.29, 1.82) is 0 Å². The monoisotopic (exact) mass is 393 g/mol. The summed E-state index contributed by atoms with van der Waals surface area (Å²) >= 11 is 0.